The average molecular weight is 255 g/mol. The first kappa shape index (κ1) is 15.5. The van der Waals surface area contributed by atoms with Crippen molar-refractivity contribution in [3.63, 3.8) is 0 Å². The molecular formula is C15H29NO2. The third-order valence-electron chi connectivity index (χ3n) is 3.87. The molecule has 1 saturated carbocycles. The summed E-state index contributed by atoms with van der Waals surface area (Å²) >= 11 is 0. The molecule has 0 aromatic rings. The average Bonchev–Trinajstić information content (AvgIpc) is 2.89. The van der Waals surface area contributed by atoms with Gasteiger partial charge in [-0.2, -0.15) is 0 Å². The normalized spacial score (nSPS) is 17.9. The topological polar surface area (TPSA) is 38.3 Å². The van der Waals surface area contributed by atoms with E-state index in [2.05, 4.69) is 12.2 Å². The van der Waals surface area contributed by atoms with Gasteiger partial charge in [-0.05, 0) is 19.3 Å². The molecule has 106 valence electrons. The number of methoxy groups -OCH3 is 1. The lowest BCUT2D eigenvalue weighted by molar-refractivity contribution is -0.143. The Kier molecular flexibility index (Phi) is 8.06. The van der Waals surface area contributed by atoms with Gasteiger partial charge in [0.05, 0.1) is 7.11 Å². The molecule has 1 aliphatic carbocycles. The molecule has 0 aromatic carbocycles. The number of carbonyl (C=O) groups is 1. The maximum atomic E-state index is 11.7. The van der Waals surface area contributed by atoms with E-state index in [0.717, 1.165) is 12.8 Å². The van der Waals surface area contributed by atoms with E-state index in [0.29, 0.717) is 6.04 Å². The minimum absolute atomic E-state index is 0.0836. The lowest BCUT2D eigenvalue weighted by Gasteiger charge is -2.20. The van der Waals surface area contributed by atoms with Crippen LogP contribution >= 0.6 is 0 Å². The summed E-state index contributed by atoms with van der Waals surface area (Å²) in [6.45, 7) is 2.22. The van der Waals surface area contributed by atoms with Gasteiger partial charge in [0.15, 0.2) is 0 Å². The number of esters is 1. The molecule has 0 radical (unpaired) electrons. The maximum Gasteiger partial charge on any atom is 0.322 e. The highest BCUT2D eigenvalue weighted by Gasteiger charge is 2.24. The van der Waals surface area contributed by atoms with Crippen molar-refractivity contribution in [3.8, 4) is 0 Å². The number of nitrogens with one attached hydrogen (secondary N) is 1. The fraction of sp³-hybridized carbons (Fsp3) is 0.933. The summed E-state index contributed by atoms with van der Waals surface area (Å²) in [4.78, 5) is 11.7. The van der Waals surface area contributed by atoms with Crippen molar-refractivity contribution >= 4 is 5.97 Å². The van der Waals surface area contributed by atoms with E-state index in [1.165, 1.54) is 58.5 Å². The SMILES string of the molecule is CCCCCCCC(NC1CCCC1)C(=O)OC. The second kappa shape index (κ2) is 9.37. The number of carbonyl (C=O) groups excluding carboxylic acids is 1. The zero-order chi connectivity index (χ0) is 13.2. The summed E-state index contributed by atoms with van der Waals surface area (Å²) in [5.41, 5.74) is 0. The van der Waals surface area contributed by atoms with Gasteiger partial charge in [-0.25, -0.2) is 0 Å². The predicted molar refractivity (Wildman–Crippen MR) is 74.6 cm³/mol. The number of hydrogen-bond donors (Lipinski definition) is 1. The summed E-state index contributed by atoms with van der Waals surface area (Å²) in [7, 11) is 1.49. The Morgan fingerprint density at radius 2 is 1.89 bits per heavy atom. The molecule has 18 heavy (non-hydrogen) atoms. The van der Waals surface area contributed by atoms with Crippen molar-refractivity contribution < 1.29 is 9.53 Å². The highest BCUT2D eigenvalue weighted by molar-refractivity contribution is 5.75. The zero-order valence-electron chi connectivity index (χ0n) is 12.0. The molecule has 0 aliphatic heterocycles. The van der Waals surface area contributed by atoms with E-state index < -0.39 is 0 Å². The van der Waals surface area contributed by atoms with Crippen LogP contribution in [0.3, 0.4) is 0 Å². The molecule has 0 heterocycles. The molecule has 3 heteroatoms. The van der Waals surface area contributed by atoms with Crippen LogP contribution in [0.2, 0.25) is 0 Å². The molecule has 1 rings (SSSR count). The molecule has 0 spiro atoms. The fourth-order valence-electron chi connectivity index (χ4n) is 2.74. The molecule has 3 nitrogen and oxygen atoms in total. The molecule has 1 atom stereocenters. The van der Waals surface area contributed by atoms with E-state index >= 15 is 0 Å². The Morgan fingerprint density at radius 3 is 2.50 bits per heavy atom. The predicted octanol–water partition coefficient (Wildman–Crippen LogP) is 3.42. The van der Waals surface area contributed by atoms with Gasteiger partial charge < -0.3 is 10.1 Å². The third kappa shape index (κ3) is 5.85. The van der Waals surface area contributed by atoms with Crippen LogP contribution in [0.25, 0.3) is 0 Å². The largest absolute Gasteiger partial charge is 0.468 e. The third-order valence-corrected chi connectivity index (χ3v) is 3.87. The molecule has 1 unspecified atom stereocenters. The molecule has 0 bridgehead atoms. The van der Waals surface area contributed by atoms with E-state index in [4.69, 9.17) is 4.74 Å². The highest BCUT2D eigenvalue weighted by atomic mass is 16.5. The van der Waals surface area contributed by atoms with Crippen molar-refractivity contribution in [2.24, 2.45) is 0 Å². The van der Waals surface area contributed by atoms with Gasteiger partial charge in [0, 0.05) is 6.04 Å². The summed E-state index contributed by atoms with van der Waals surface area (Å²) in [6.07, 6.45) is 12.1. The smallest absolute Gasteiger partial charge is 0.322 e. The van der Waals surface area contributed by atoms with Crippen LogP contribution in [0.5, 0.6) is 0 Å². The quantitative estimate of drug-likeness (QED) is 0.507. The molecule has 1 aliphatic rings. The van der Waals surface area contributed by atoms with Crippen molar-refractivity contribution in [3.05, 3.63) is 0 Å². The lowest BCUT2D eigenvalue weighted by atomic mass is 10.1. The lowest BCUT2D eigenvalue weighted by Crippen LogP contribution is -2.42. The molecule has 1 fully saturated rings. The van der Waals surface area contributed by atoms with Crippen LogP contribution in [0, 0.1) is 0 Å². The summed E-state index contributed by atoms with van der Waals surface area (Å²) < 4.78 is 4.90. The highest BCUT2D eigenvalue weighted by Crippen LogP contribution is 2.19. The molecule has 0 saturated heterocycles. The summed E-state index contributed by atoms with van der Waals surface area (Å²) in [5.74, 6) is -0.0857. The van der Waals surface area contributed by atoms with Gasteiger partial charge in [-0.1, -0.05) is 51.9 Å². The van der Waals surface area contributed by atoms with Crippen LogP contribution in [0.15, 0.2) is 0 Å². The summed E-state index contributed by atoms with van der Waals surface area (Å²) in [6, 6.07) is 0.449. The van der Waals surface area contributed by atoms with E-state index in [1.54, 1.807) is 0 Å². The Bertz CT molecular complexity index is 225. The van der Waals surface area contributed by atoms with E-state index in [1.807, 2.05) is 0 Å². The van der Waals surface area contributed by atoms with Crippen LogP contribution in [0.1, 0.15) is 71.1 Å². The van der Waals surface area contributed by atoms with Crippen LogP contribution in [-0.4, -0.2) is 25.2 Å². The first-order chi connectivity index (χ1) is 8.77. The van der Waals surface area contributed by atoms with Crippen molar-refractivity contribution in [2.45, 2.75) is 83.2 Å². The minimum atomic E-state index is -0.0857. The van der Waals surface area contributed by atoms with Crippen LogP contribution < -0.4 is 5.32 Å². The maximum absolute atomic E-state index is 11.7. The Balaban J connectivity index is 2.24. The number of rotatable bonds is 9. The molecule has 0 amide bonds. The Hall–Kier alpha value is -0.570. The molecule has 0 aromatic heterocycles. The van der Waals surface area contributed by atoms with Gasteiger partial charge in [0.25, 0.3) is 0 Å². The minimum Gasteiger partial charge on any atom is -0.468 e. The van der Waals surface area contributed by atoms with Gasteiger partial charge in [0.2, 0.25) is 0 Å². The van der Waals surface area contributed by atoms with Crippen molar-refractivity contribution in [1.82, 2.24) is 5.32 Å². The number of unbranched alkanes of at least 4 members (excludes halogenated alkanes) is 4. The van der Waals surface area contributed by atoms with Gasteiger partial charge >= 0.3 is 5.97 Å². The summed E-state index contributed by atoms with van der Waals surface area (Å²) in [5, 5.41) is 3.48. The van der Waals surface area contributed by atoms with Gasteiger partial charge in [0.1, 0.15) is 6.04 Å². The van der Waals surface area contributed by atoms with Gasteiger partial charge in [-0.15, -0.1) is 0 Å². The standard InChI is InChI=1S/C15H29NO2/c1-3-4-5-6-7-12-14(15(17)18-2)16-13-10-8-9-11-13/h13-14,16H,3-12H2,1-2H3. The molecular weight excluding hydrogens is 226 g/mol. The van der Waals surface area contributed by atoms with Crippen molar-refractivity contribution in [1.29, 1.82) is 0 Å². The first-order valence-corrected chi connectivity index (χ1v) is 7.61. The van der Waals surface area contributed by atoms with Crippen LogP contribution in [0.4, 0.5) is 0 Å². The second-order valence-corrected chi connectivity index (χ2v) is 5.43. The monoisotopic (exact) mass is 255 g/mol. The Morgan fingerprint density at radius 1 is 1.22 bits per heavy atom. The van der Waals surface area contributed by atoms with E-state index in [-0.39, 0.29) is 12.0 Å². The van der Waals surface area contributed by atoms with Crippen LogP contribution in [-0.2, 0) is 9.53 Å². The molecule has 1 N–H and O–H groups in total. The zero-order valence-corrected chi connectivity index (χ0v) is 12.0. The Labute approximate surface area is 112 Å². The number of ether oxygens (including phenoxy) is 1. The fourth-order valence-corrected chi connectivity index (χ4v) is 2.74. The number of hydrogen-bond acceptors (Lipinski definition) is 3. The van der Waals surface area contributed by atoms with Crippen molar-refractivity contribution in [2.75, 3.05) is 7.11 Å². The first-order valence-electron chi connectivity index (χ1n) is 7.61. The van der Waals surface area contributed by atoms with E-state index in [9.17, 15) is 4.79 Å². The second-order valence-electron chi connectivity index (χ2n) is 5.43. The van der Waals surface area contributed by atoms with Gasteiger partial charge in [-0.3, -0.25) is 4.79 Å².